The Balaban J connectivity index is 1.27. The zero-order chi connectivity index (χ0) is 26.7. The second kappa shape index (κ2) is 9.38. The molecule has 1 saturated carbocycles. The van der Waals surface area contributed by atoms with Gasteiger partial charge in [-0.05, 0) is 54.7 Å². The Hall–Kier alpha value is -3.91. The quantitative estimate of drug-likeness (QED) is 0.350. The third kappa shape index (κ3) is 3.97. The zero-order valence-electron chi connectivity index (χ0n) is 21.6. The van der Waals surface area contributed by atoms with E-state index >= 15 is 0 Å². The first-order valence-corrected chi connectivity index (χ1v) is 13.9. The van der Waals surface area contributed by atoms with Gasteiger partial charge in [0.05, 0.1) is 34.2 Å². The molecule has 3 aliphatic rings. The Bertz CT molecular complexity index is 1620. The van der Waals surface area contributed by atoms with Crippen molar-refractivity contribution >= 4 is 28.9 Å². The molecule has 8 nitrogen and oxygen atoms in total. The van der Waals surface area contributed by atoms with Gasteiger partial charge in [0, 0.05) is 44.2 Å². The van der Waals surface area contributed by atoms with Crippen LogP contribution in [0.4, 0.5) is 0 Å². The van der Waals surface area contributed by atoms with Crippen LogP contribution >= 0.6 is 11.6 Å². The molecule has 9 heteroatoms. The van der Waals surface area contributed by atoms with Crippen molar-refractivity contribution < 1.29 is 9.59 Å². The largest absolute Gasteiger partial charge is 0.336 e. The predicted molar refractivity (Wildman–Crippen MR) is 148 cm³/mol. The molecule has 0 bridgehead atoms. The second-order valence-corrected chi connectivity index (χ2v) is 11.0. The number of hydrogen-bond acceptors (Lipinski definition) is 4. The van der Waals surface area contributed by atoms with E-state index in [0.29, 0.717) is 49.1 Å². The topological polar surface area (TPSA) is 75.7 Å². The van der Waals surface area contributed by atoms with Gasteiger partial charge < -0.3 is 14.2 Å². The van der Waals surface area contributed by atoms with E-state index in [1.807, 2.05) is 11.0 Å². The highest BCUT2D eigenvalue weighted by Crippen LogP contribution is 2.39. The fraction of sp³-hybridized carbons (Fsp3) is 0.333. The molecule has 3 aromatic heterocycles. The van der Waals surface area contributed by atoms with Crippen LogP contribution in [0.3, 0.4) is 0 Å². The SMILES string of the molecule is C=CC(=O)N1CCc2nn(-c3ccc(C4CCC4)cc3)c3c2C(C1)N(C(=O)c1ccc2c(Cl)ncn2c1)CC3. The van der Waals surface area contributed by atoms with E-state index in [-0.39, 0.29) is 17.9 Å². The van der Waals surface area contributed by atoms with Gasteiger partial charge in [-0.25, -0.2) is 9.67 Å². The van der Waals surface area contributed by atoms with Crippen molar-refractivity contribution in [3.8, 4) is 5.69 Å². The third-order valence-corrected chi connectivity index (χ3v) is 8.89. The number of aromatic nitrogens is 4. The highest BCUT2D eigenvalue weighted by molar-refractivity contribution is 6.32. The molecule has 2 amide bonds. The van der Waals surface area contributed by atoms with Crippen molar-refractivity contribution in [2.24, 2.45) is 0 Å². The van der Waals surface area contributed by atoms with Gasteiger partial charge in [-0.15, -0.1) is 0 Å². The van der Waals surface area contributed by atoms with Gasteiger partial charge in [-0.2, -0.15) is 5.10 Å². The molecular formula is C30H29ClN6O2. The number of halogens is 1. The normalized spacial score (nSPS) is 18.9. The van der Waals surface area contributed by atoms with E-state index in [2.05, 4.69) is 40.5 Å². The molecule has 1 aliphatic carbocycles. The van der Waals surface area contributed by atoms with Crippen molar-refractivity contribution in [1.82, 2.24) is 29.0 Å². The fourth-order valence-electron chi connectivity index (χ4n) is 6.27. The van der Waals surface area contributed by atoms with Crippen LogP contribution in [0.25, 0.3) is 11.2 Å². The average Bonchev–Trinajstić information content (AvgIpc) is 3.43. The molecule has 1 atom stereocenters. The number of fused-ring (bicyclic) bond motifs is 1. The first-order chi connectivity index (χ1) is 19.0. The number of carbonyl (C=O) groups is 2. The van der Waals surface area contributed by atoms with E-state index in [9.17, 15) is 9.59 Å². The van der Waals surface area contributed by atoms with Crippen LogP contribution < -0.4 is 0 Å². The highest BCUT2D eigenvalue weighted by atomic mass is 35.5. The number of carbonyl (C=O) groups excluding carboxylic acids is 2. The van der Waals surface area contributed by atoms with Crippen molar-refractivity contribution in [1.29, 1.82) is 0 Å². The minimum absolute atomic E-state index is 0.0891. The molecule has 0 spiro atoms. The minimum Gasteiger partial charge on any atom is -0.336 e. The Kier molecular flexibility index (Phi) is 5.81. The van der Waals surface area contributed by atoms with Crippen LogP contribution in [0.1, 0.15) is 64.1 Å². The van der Waals surface area contributed by atoms with Crippen LogP contribution in [0.15, 0.2) is 61.6 Å². The number of rotatable bonds is 4. The number of nitrogens with zero attached hydrogens (tertiary/aromatic N) is 6. The molecule has 7 rings (SSSR count). The van der Waals surface area contributed by atoms with Crippen LogP contribution in [-0.2, 0) is 17.6 Å². The summed E-state index contributed by atoms with van der Waals surface area (Å²) >= 11 is 6.16. The lowest BCUT2D eigenvalue weighted by Gasteiger charge is -2.38. The van der Waals surface area contributed by atoms with Crippen LogP contribution in [0.2, 0.25) is 5.15 Å². The standard InChI is InChI=1S/C30H29ClN6O2/c1-2-27(38)34-14-12-23-28-24(37(33-23)22-9-6-20(7-10-22)19-4-3-5-19)13-15-36(26(28)17-34)30(39)21-8-11-25-29(31)32-18-35(25)16-21/h2,6-11,16,18-19,26H,1,3-5,12-15,17H2. The molecule has 0 saturated heterocycles. The smallest absolute Gasteiger partial charge is 0.255 e. The maximum Gasteiger partial charge on any atom is 0.255 e. The first kappa shape index (κ1) is 24.2. The number of hydrogen-bond donors (Lipinski definition) is 0. The zero-order valence-corrected chi connectivity index (χ0v) is 22.3. The Morgan fingerprint density at radius 2 is 1.87 bits per heavy atom. The van der Waals surface area contributed by atoms with Gasteiger partial charge in [0.1, 0.15) is 6.33 Å². The first-order valence-electron chi connectivity index (χ1n) is 13.6. The average molecular weight is 541 g/mol. The molecule has 39 heavy (non-hydrogen) atoms. The summed E-state index contributed by atoms with van der Waals surface area (Å²) < 4.78 is 3.83. The number of imidazole rings is 1. The maximum atomic E-state index is 13.9. The molecule has 5 heterocycles. The molecule has 2 aliphatic heterocycles. The maximum absolute atomic E-state index is 13.9. The Morgan fingerprint density at radius 1 is 1.05 bits per heavy atom. The van der Waals surface area contributed by atoms with Crippen LogP contribution in [0, 0.1) is 0 Å². The van der Waals surface area contributed by atoms with Crippen molar-refractivity contribution in [2.45, 2.75) is 44.1 Å². The summed E-state index contributed by atoms with van der Waals surface area (Å²) in [4.78, 5) is 34.5. The molecule has 198 valence electrons. The Morgan fingerprint density at radius 3 is 2.62 bits per heavy atom. The van der Waals surface area contributed by atoms with E-state index in [1.165, 1.54) is 30.9 Å². The van der Waals surface area contributed by atoms with Gasteiger partial charge in [-0.3, -0.25) is 9.59 Å². The van der Waals surface area contributed by atoms with E-state index in [0.717, 1.165) is 28.2 Å². The van der Waals surface area contributed by atoms with Crippen molar-refractivity contribution in [3.63, 3.8) is 0 Å². The number of benzene rings is 1. The summed E-state index contributed by atoms with van der Waals surface area (Å²) in [5.74, 6) is 0.462. The minimum atomic E-state index is -0.298. The number of pyridine rings is 1. The molecule has 1 aromatic carbocycles. The summed E-state index contributed by atoms with van der Waals surface area (Å²) in [6, 6.07) is 12.1. The summed E-state index contributed by atoms with van der Waals surface area (Å²) in [6.07, 6.45) is 9.89. The molecule has 0 N–H and O–H groups in total. The van der Waals surface area contributed by atoms with Gasteiger partial charge in [0.15, 0.2) is 5.15 Å². The monoisotopic (exact) mass is 540 g/mol. The van der Waals surface area contributed by atoms with E-state index in [1.54, 1.807) is 27.9 Å². The predicted octanol–water partition coefficient (Wildman–Crippen LogP) is 4.75. The number of amides is 2. The lowest BCUT2D eigenvalue weighted by molar-refractivity contribution is -0.126. The van der Waals surface area contributed by atoms with E-state index < -0.39 is 0 Å². The third-order valence-electron chi connectivity index (χ3n) is 8.60. The summed E-state index contributed by atoms with van der Waals surface area (Å²) in [6.45, 7) is 5.16. The molecule has 4 aromatic rings. The van der Waals surface area contributed by atoms with Gasteiger partial charge in [0.25, 0.3) is 5.91 Å². The lowest BCUT2D eigenvalue weighted by atomic mass is 9.80. The molecule has 0 radical (unpaired) electrons. The van der Waals surface area contributed by atoms with Crippen molar-refractivity contribution in [3.05, 3.63) is 94.8 Å². The summed E-state index contributed by atoms with van der Waals surface area (Å²) in [5, 5.41) is 5.47. The van der Waals surface area contributed by atoms with Crippen molar-refractivity contribution in [2.75, 3.05) is 19.6 Å². The molecule has 1 unspecified atom stereocenters. The molecule has 1 fully saturated rings. The van der Waals surface area contributed by atoms with Gasteiger partial charge in [0.2, 0.25) is 5.91 Å². The molecular weight excluding hydrogens is 512 g/mol. The Labute approximate surface area is 231 Å². The van der Waals surface area contributed by atoms with Gasteiger partial charge in [-0.1, -0.05) is 36.7 Å². The van der Waals surface area contributed by atoms with Crippen LogP contribution in [0.5, 0.6) is 0 Å². The summed E-state index contributed by atoms with van der Waals surface area (Å²) in [7, 11) is 0. The fourth-order valence-corrected chi connectivity index (χ4v) is 6.47. The van der Waals surface area contributed by atoms with E-state index in [4.69, 9.17) is 16.7 Å². The highest BCUT2D eigenvalue weighted by Gasteiger charge is 2.40. The second-order valence-electron chi connectivity index (χ2n) is 10.7. The lowest BCUT2D eigenvalue weighted by Crippen LogP contribution is -2.45. The summed E-state index contributed by atoms with van der Waals surface area (Å²) in [5.41, 5.74) is 6.89. The van der Waals surface area contributed by atoms with Gasteiger partial charge >= 0.3 is 0 Å². The van der Waals surface area contributed by atoms with Crippen LogP contribution in [-0.4, -0.2) is 60.4 Å².